The van der Waals surface area contributed by atoms with Gasteiger partial charge in [0.25, 0.3) is 0 Å². The Morgan fingerprint density at radius 1 is 1.60 bits per heavy atom. The van der Waals surface area contributed by atoms with Gasteiger partial charge in [-0.2, -0.15) is 0 Å². The molecule has 4 heteroatoms. The molecule has 2 unspecified atom stereocenters. The Morgan fingerprint density at radius 3 is 3.00 bits per heavy atom. The van der Waals surface area contributed by atoms with Crippen LogP contribution in [0.2, 0.25) is 0 Å². The lowest BCUT2D eigenvalue weighted by molar-refractivity contribution is -0.138. The van der Waals surface area contributed by atoms with Crippen molar-refractivity contribution in [1.82, 2.24) is 0 Å². The molecule has 0 spiro atoms. The lowest BCUT2D eigenvalue weighted by Crippen LogP contribution is -2.35. The van der Waals surface area contributed by atoms with Crippen LogP contribution in [0.1, 0.15) is 12.0 Å². The molecule has 1 aliphatic rings. The molecular formula is C11H14N2O2. The zero-order valence-electron chi connectivity index (χ0n) is 8.31. The predicted molar refractivity (Wildman–Crippen MR) is 57.8 cm³/mol. The molecule has 0 saturated heterocycles. The minimum Gasteiger partial charge on any atom is -0.480 e. The van der Waals surface area contributed by atoms with E-state index in [1.54, 1.807) is 0 Å². The summed E-state index contributed by atoms with van der Waals surface area (Å²) >= 11 is 0. The zero-order chi connectivity index (χ0) is 10.8. The molecule has 0 aromatic heterocycles. The largest absolute Gasteiger partial charge is 0.480 e. The van der Waals surface area contributed by atoms with E-state index in [0.717, 1.165) is 12.1 Å². The van der Waals surface area contributed by atoms with Gasteiger partial charge in [-0.1, -0.05) is 18.2 Å². The molecule has 4 N–H and O–H groups in total. The fraction of sp³-hybridized carbons (Fsp3) is 0.364. The molecule has 0 fully saturated rings. The summed E-state index contributed by atoms with van der Waals surface area (Å²) in [6.07, 6.45) is 1.32. The van der Waals surface area contributed by atoms with Crippen LogP contribution in [0.15, 0.2) is 24.3 Å². The topological polar surface area (TPSA) is 75.3 Å². The average Bonchev–Trinajstić information content (AvgIpc) is 2.59. The van der Waals surface area contributed by atoms with Crippen LogP contribution < -0.4 is 11.1 Å². The van der Waals surface area contributed by atoms with E-state index in [1.807, 2.05) is 18.2 Å². The Labute approximate surface area is 88.1 Å². The maximum atomic E-state index is 10.6. The van der Waals surface area contributed by atoms with Gasteiger partial charge in [0.05, 0.1) is 0 Å². The smallest absolute Gasteiger partial charge is 0.320 e. The van der Waals surface area contributed by atoms with E-state index in [0.29, 0.717) is 6.42 Å². The number of carboxylic acids is 1. The van der Waals surface area contributed by atoms with Crippen molar-refractivity contribution in [3.63, 3.8) is 0 Å². The minimum absolute atomic E-state index is 0.147. The molecule has 1 aliphatic heterocycles. The first kappa shape index (κ1) is 9.98. The molecule has 15 heavy (non-hydrogen) atoms. The number of fused-ring (bicyclic) bond motifs is 1. The SMILES string of the molecule is NC(CC1Cc2ccccc2N1)C(=O)O. The van der Waals surface area contributed by atoms with Crippen LogP contribution in [0.3, 0.4) is 0 Å². The lowest BCUT2D eigenvalue weighted by atomic mass is 10.0. The number of para-hydroxylation sites is 1. The Bertz CT molecular complexity index is 354. The highest BCUT2D eigenvalue weighted by Crippen LogP contribution is 2.26. The number of nitrogens with one attached hydrogen (secondary N) is 1. The van der Waals surface area contributed by atoms with E-state index in [2.05, 4.69) is 11.4 Å². The van der Waals surface area contributed by atoms with Crippen LogP contribution >= 0.6 is 0 Å². The monoisotopic (exact) mass is 206 g/mol. The molecule has 0 aliphatic carbocycles. The van der Waals surface area contributed by atoms with Crippen LogP contribution in [0.4, 0.5) is 5.69 Å². The first-order valence-electron chi connectivity index (χ1n) is 4.99. The number of nitrogens with two attached hydrogens (primary N) is 1. The van der Waals surface area contributed by atoms with Gasteiger partial charge in [0.15, 0.2) is 0 Å². The van der Waals surface area contributed by atoms with Gasteiger partial charge in [-0.25, -0.2) is 0 Å². The van der Waals surface area contributed by atoms with Crippen LogP contribution in [0.5, 0.6) is 0 Å². The number of aliphatic carboxylic acids is 1. The van der Waals surface area contributed by atoms with Crippen molar-refractivity contribution >= 4 is 11.7 Å². The van der Waals surface area contributed by atoms with Gasteiger partial charge < -0.3 is 16.2 Å². The molecule has 1 heterocycles. The number of rotatable bonds is 3. The van der Waals surface area contributed by atoms with E-state index in [1.165, 1.54) is 5.56 Å². The Hall–Kier alpha value is -1.55. The van der Waals surface area contributed by atoms with Crippen molar-refractivity contribution in [2.24, 2.45) is 5.73 Å². The summed E-state index contributed by atoms with van der Waals surface area (Å²) in [5, 5.41) is 12.0. The summed E-state index contributed by atoms with van der Waals surface area (Å²) in [5.74, 6) is -0.937. The van der Waals surface area contributed by atoms with E-state index in [4.69, 9.17) is 10.8 Å². The molecule has 2 atom stereocenters. The highest BCUT2D eigenvalue weighted by molar-refractivity contribution is 5.73. The molecule has 0 saturated carbocycles. The minimum atomic E-state index is -0.937. The Morgan fingerprint density at radius 2 is 2.33 bits per heavy atom. The molecular weight excluding hydrogens is 192 g/mol. The summed E-state index contributed by atoms with van der Waals surface area (Å²) in [6, 6.07) is 7.37. The number of anilines is 1. The van der Waals surface area contributed by atoms with Gasteiger partial charge in [0.1, 0.15) is 6.04 Å². The number of benzene rings is 1. The first-order valence-corrected chi connectivity index (χ1v) is 4.99. The summed E-state index contributed by atoms with van der Waals surface area (Å²) in [4.78, 5) is 10.6. The molecule has 0 bridgehead atoms. The van der Waals surface area contributed by atoms with Crippen LogP contribution in [-0.2, 0) is 11.2 Å². The number of hydrogen-bond donors (Lipinski definition) is 3. The maximum Gasteiger partial charge on any atom is 0.320 e. The standard InChI is InChI=1S/C11H14N2O2/c12-9(11(14)15)6-8-5-7-3-1-2-4-10(7)13-8/h1-4,8-9,13H,5-6,12H2,(H,14,15). The second-order valence-corrected chi connectivity index (χ2v) is 3.88. The van der Waals surface area contributed by atoms with Gasteiger partial charge >= 0.3 is 5.97 Å². The van der Waals surface area contributed by atoms with Crippen LogP contribution in [0.25, 0.3) is 0 Å². The summed E-state index contributed by atoms with van der Waals surface area (Å²) in [6.45, 7) is 0. The Balaban J connectivity index is 1.99. The quantitative estimate of drug-likeness (QED) is 0.684. The van der Waals surface area contributed by atoms with E-state index in [-0.39, 0.29) is 6.04 Å². The van der Waals surface area contributed by atoms with Gasteiger partial charge in [0, 0.05) is 11.7 Å². The van der Waals surface area contributed by atoms with Crippen molar-refractivity contribution in [3.8, 4) is 0 Å². The van der Waals surface area contributed by atoms with Crippen LogP contribution in [-0.4, -0.2) is 23.2 Å². The summed E-state index contributed by atoms with van der Waals surface area (Å²) in [5.41, 5.74) is 7.83. The third-order valence-corrected chi connectivity index (χ3v) is 2.70. The summed E-state index contributed by atoms with van der Waals surface area (Å²) in [7, 11) is 0. The highest BCUT2D eigenvalue weighted by atomic mass is 16.4. The fourth-order valence-corrected chi connectivity index (χ4v) is 1.93. The van der Waals surface area contributed by atoms with Gasteiger partial charge in [-0.15, -0.1) is 0 Å². The van der Waals surface area contributed by atoms with Crippen molar-refractivity contribution < 1.29 is 9.90 Å². The van der Waals surface area contributed by atoms with Crippen molar-refractivity contribution in [1.29, 1.82) is 0 Å². The van der Waals surface area contributed by atoms with E-state index >= 15 is 0 Å². The molecule has 0 amide bonds. The first-order chi connectivity index (χ1) is 7.16. The summed E-state index contributed by atoms with van der Waals surface area (Å²) < 4.78 is 0. The normalized spacial score (nSPS) is 20.5. The second kappa shape index (κ2) is 3.90. The van der Waals surface area contributed by atoms with Crippen molar-refractivity contribution in [2.45, 2.75) is 24.9 Å². The molecule has 0 radical (unpaired) electrons. The van der Waals surface area contributed by atoms with E-state index in [9.17, 15) is 4.79 Å². The van der Waals surface area contributed by atoms with E-state index < -0.39 is 12.0 Å². The van der Waals surface area contributed by atoms with Crippen molar-refractivity contribution in [3.05, 3.63) is 29.8 Å². The van der Waals surface area contributed by atoms with Gasteiger partial charge in [-0.05, 0) is 24.5 Å². The highest BCUT2D eigenvalue weighted by Gasteiger charge is 2.24. The maximum absolute atomic E-state index is 10.6. The number of hydrogen-bond acceptors (Lipinski definition) is 3. The molecule has 1 aromatic carbocycles. The lowest BCUT2D eigenvalue weighted by Gasteiger charge is -2.13. The van der Waals surface area contributed by atoms with Gasteiger partial charge in [-0.3, -0.25) is 4.79 Å². The predicted octanol–water partition coefficient (Wildman–Crippen LogP) is 0.825. The Kier molecular flexibility index (Phi) is 2.60. The third-order valence-electron chi connectivity index (χ3n) is 2.70. The fourth-order valence-electron chi connectivity index (χ4n) is 1.93. The zero-order valence-corrected chi connectivity index (χ0v) is 8.31. The average molecular weight is 206 g/mol. The number of carboxylic acid groups (broad SMARTS) is 1. The molecule has 4 nitrogen and oxygen atoms in total. The number of carbonyl (C=O) groups is 1. The third kappa shape index (κ3) is 2.10. The van der Waals surface area contributed by atoms with Crippen molar-refractivity contribution in [2.75, 3.05) is 5.32 Å². The van der Waals surface area contributed by atoms with Gasteiger partial charge in [0.2, 0.25) is 0 Å². The molecule has 2 rings (SSSR count). The molecule has 1 aromatic rings. The van der Waals surface area contributed by atoms with Crippen LogP contribution in [0, 0.1) is 0 Å². The second-order valence-electron chi connectivity index (χ2n) is 3.88. The molecule has 80 valence electrons.